The van der Waals surface area contributed by atoms with E-state index >= 15 is 0 Å². The van der Waals surface area contributed by atoms with Crippen LogP contribution in [0.25, 0.3) is 16.7 Å². The SMILES string of the molecule is O=C(c1cccs1)N1CCN(c2nc(C3CCOCC3)nc3c2cnn3-c2ccccc2)CC1. The van der Waals surface area contributed by atoms with E-state index in [-0.39, 0.29) is 11.8 Å². The van der Waals surface area contributed by atoms with Gasteiger partial charge in [-0.3, -0.25) is 4.79 Å². The average Bonchev–Trinajstić information content (AvgIpc) is 3.59. The molecule has 2 saturated heterocycles. The molecule has 0 bridgehead atoms. The first-order chi connectivity index (χ1) is 16.8. The van der Waals surface area contributed by atoms with Gasteiger partial charge in [0.05, 0.1) is 22.1 Å². The summed E-state index contributed by atoms with van der Waals surface area (Å²) >= 11 is 1.50. The molecule has 4 aromatic rings. The van der Waals surface area contributed by atoms with Crippen LogP contribution >= 0.6 is 11.3 Å². The maximum absolute atomic E-state index is 12.8. The summed E-state index contributed by atoms with van der Waals surface area (Å²) < 4.78 is 7.48. The Kier molecular flexibility index (Phi) is 5.72. The summed E-state index contributed by atoms with van der Waals surface area (Å²) in [6, 6.07) is 13.9. The highest BCUT2D eigenvalue weighted by Gasteiger charge is 2.28. The van der Waals surface area contributed by atoms with Crippen LogP contribution in [0.15, 0.2) is 54.0 Å². The van der Waals surface area contributed by atoms with Crippen molar-refractivity contribution in [2.24, 2.45) is 0 Å². The molecule has 174 valence electrons. The summed E-state index contributed by atoms with van der Waals surface area (Å²) in [5, 5.41) is 7.57. The first-order valence-corrected chi connectivity index (χ1v) is 12.6. The average molecular weight is 475 g/mol. The van der Waals surface area contributed by atoms with E-state index in [0.29, 0.717) is 13.1 Å². The van der Waals surface area contributed by atoms with E-state index in [0.717, 1.165) is 72.4 Å². The first-order valence-electron chi connectivity index (χ1n) is 11.7. The number of para-hydroxylation sites is 1. The molecule has 0 spiro atoms. The van der Waals surface area contributed by atoms with Gasteiger partial charge in [-0.2, -0.15) is 5.10 Å². The lowest BCUT2D eigenvalue weighted by Crippen LogP contribution is -2.49. The summed E-state index contributed by atoms with van der Waals surface area (Å²) in [7, 11) is 0. The van der Waals surface area contributed by atoms with Gasteiger partial charge in [0.2, 0.25) is 0 Å². The van der Waals surface area contributed by atoms with E-state index in [1.807, 2.05) is 63.6 Å². The summed E-state index contributed by atoms with van der Waals surface area (Å²) in [6.45, 7) is 4.27. The molecule has 6 rings (SSSR count). The second kappa shape index (κ2) is 9.15. The Labute approximate surface area is 201 Å². The molecule has 0 unspecified atom stereocenters. The molecule has 1 aromatic carbocycles. The third-order valence-electron chi connectivity index (χ3n) is 6.61. The van der Waals surface area contributed by atoms with Crippen LogP contribution in [0, 0.1) is 0 Å². The summed E-state index contributed by atoms with van der Waals surface area (Å²) in [4.78, 5) is 27.9. The highest BCUT2D eigenvalue weighted by atomic mass is 32.1. The molecule has 2 aliphatic rings. The Bertz CT molecular complexity index is 1280. The second-order valence-electron chi connectivity index (χ2n) is 8.68. The zero-order valence-corrected chi connectivity index (χ0v) is 19.7. The van der Waals surface area contributed by atoms with Gasteiger partial charge in [-0.25, -0.2) is 14.6 Å². The lowest BCUT2D eigenvalue weighted by atomic mass is 9.99. The zero-order valence-electron chi connectivity index (χ0n) is 18.8. The highest BCUT2D eigenvalue weighted by Crippen LogP contribution is 2.32. The molecule has 8 nitrogen and oxygen atoms in total. The lowest BCUT2D eigenvalue weighted by molar-refractivity contribution is 0.0751. The molecule has 2 aliphatic heterocycles. The van der Waals surface area contributed by atoms with Crippen LogP contribution in [-0.4, -0.2) is 69.9 Å². The van der Waals surface area contributed by atoms with Gasteiger partial charge in [0.25, 0.3) is 5.91 Å². The maximum Gasteiger partial charge on any atom is 0.264 e. The molecule has 34 heavy (non-hydrogen) atoms. The van der Waals surface area contributed by atoms with Crippen LogP contribution in [0.5, 0.6) is 0 Å². The molecule has 1 amide bonds. The second-order valence-corrected chi connectivity index (χ2v) is 9.63. The number of nitrogens with zero attached hydrogens (tertiary/aromatic N) is 6. The van der Waals surface area contributed by atoms with E-state index in [2.05, 4.69) is 10.00 Å². The first kappa shape index (κ1) is 21.2. The van der Waals surface area contributed by atoms with Crippen molar-refractivity contribution in [1.29, 1.82) is 0 Å². The topological polar surface area (TPSA) is 76.4 Å². The molecule has 0 aliphatic carbocycles. The fraction of sp³-hybridized carbons (Fsp3) is 0.360. The van der Waals surface area contributed by atoms with E-state index in [1.165, 1.54) is 11.3 Å². The predicted molar refractivity (Wildman–Crippen MR) is 132 cm³/mol. The number of ether oxygens (including phenoxy) is 1. The molecule has 9 heteroatoms. The normalized spacial score (nSPS) is 17.4. The van der Waals surface area contributed by atoms with E-state index in [9.17, 15) is 4.79 Å². The number of carbonyl (C=O) groups is 1. The van der Waals surface area contributed by atoms with Gasteiger partial charge in [0, 0.05) is 45.3 Å². The van der Waals surface area contributed by atoms with Gasteiger partial charge in [0.1, 0.15) is 11.6 Å². The number of benzene rings is 1. The molecular weight excluding hydrogens is 448 g/mol. The number of anilines is 1. The van der Waals surface area contributed by atoms with Crippen LogP contribution in [0.3, 0.4) is 0 Å². The van der Waals surface area contributed by atoms with Crippen molar-refractivity contribution in [3.05, 3.63) is 64.7 Å². The molecule has 3 aromatic heterocycles. The van der Waals surface area contributed by atoms with Gasteiger partial charge >= 0.3 is 0 Å². The molecule has 5 heterocycles. The number of piperazine rings is 1. The Morgan fingerprint density at radius 2 is 1.76 bits per heavy atom. The van der Waals surface area contributed by atoms with E-state index in [4.69, 9.17) is 14.7 Å². The lowest BCUT2D eigenvalue weighted by Gasteiger charge is -2.35. The number of aromatic nitrogens is 4. The van der Waals surface area contributed by atoms with Gasteiger partial charge in [-0.15, -0.1) is 11.3 Å². The molecular formula is C25H26N6O2S. The summed E-state index contributed by atoms with van der Waals surface area (Å²) in [5.74, 6) is 2.16. The van der Waals surface area contributed by atoms with Crippen molar-refractivity contribution in [3.8, 4) is 5.69 Å². The third kappa shape index (κ3) is 3.95. The molecule has 2 fully saturated rings. The van der Waals surface area contributed by atoms with Crippen LogP contribution < -0.4 is 4.90 Å². The fourth-order valence-electron chi connectivity index (χ4n) is 4.72. The number of rotatable bonds is 4. The summed E-state index contributed by atoms with van der Waals surface area (Å²) in [5.41, 5.74) is 1.81. The van der Waals surface area contributed by atoms with E-state index in [1.54, 1.807) is 0 Å². The fourth-order valence-corrected chi connectivity index (χ4v) is 5.42. The van der Waals surface area contributed by atoms with Crippen LogP contribution in [0.1, 0.15) is 34.3 Å². The number of hydrogen-bond donors (Lipinski definition) is 0. The summed E-state index contributed by atoms with van der Waals surface area (Å²) in [6.07, 6.45) is 3.72. The van der Waals surface area contributed by atoms with Crippen molar-refractivity contribution in [2.45, 2.75) is 18.8 Å². The Balaban J connectivity index is 1.34. The van der Waals surface area contributed by atoms with Gasteiger partial charge in [0.15, 0.2) is 5.65 Å². The van der Waals surface area contributed by atoms with Crippen molar-refractivity contribution in [1.82, 2.24) is 24.6 Å². The molecule has 0 N–H and O–H groups in total. The van der Waals surface area contributed by atoms with Crippen molar-refractivity contribution in [2.75, 3.05) is 44.3 Å². The van der Waals surface area contributed by atoms with Crippen LogP contribution in [0.4, 0.5) is 5.82 Å². The molecule has 0 saturated carbocycles. The number of hydrogen-bond acceptors (Lipinski definition) is 7. The Morgan fingerprint density at radius 1 is 0.971 bits per heavy atom. The van der Waals surface area contributed by atoms with Gasteiger partial charge in [-0.05, 0) is 36.4 Å². The minimum absolute atomic E-state index is 0.113. The van der Waals surface area contributed by atoms with Crippen LogP contribution in [-0.2, 0) is 4.74 Å². The van der Waals surface area contributed by atoms with Gasteiger partial charge in [-0.1, -0.05) is 24.3 Å². The van der Waals surface area contributed by atoms with Crippen LogP contribution in [0.2, 0.25) is 0 Å². The smallest absolute Gasteiger partial charge is 0.264 e. The quantitative estimate of drug-likeness (QED) is 0.449. The van der Waals surface area contributed by atoms with E-state index < -0.39 is 0 Å². The minimum atomic E-state index is 0.113. The number of thiophene rings is 1. The third-order valence-corrected chi connectivity index (χ3v) is 7.47. The Morgan fingerprint density at radius 3 is 2.50 bits per heavy atom. The molecule has 0 atom stereocenters. The van der Waals surface area contributed by atoms with Gasteiger partial charge < -0.3 is 14.5 Å². The largest absolute Gasteiger partial charge is 0.381 e. The minimum Gasteiger partial charge on any atom is -0.381 e. The number of carbonyl (C=O) groups excluding carboxylic acids is 1. The predicted octanol–water partition coefficient (Wildman–Crippen LogP) is 3.73. The van der Waals surface area contributed by atoms with Crippen molar-refractivity contribution < 1.29 is 9.53 Å². The monoisotopic (exact) mass is 474 g/mol. The zero-order chi connectivity index (χ0) is 22.9. The highest BCUT2D eigenvalue weighted by molar-refractivity contribution is 7.12. The number of fused-ring (bicyclic) bond motifs is 1. The molecule has 0 radical (unpaired) electrons. The standard InChI is InChI=1S/C25H26N6O2S/c32-25(21-7-4-16-34-21)30-12-10-29(11-13-30)23-20-17-26-31(19-5-2-1-3-6-19)24(20)28-22(27-23)18-8-14-33-15-9-18/h1-7,16-18H,8-15H2. The van der Waals surface area contributed by atoms with Crippen molar-refractivity contribution in [3.63, 3.8) is 0 Å². The number of amides is 1. The van der Waals surface area contributed by atoms with Crippen molar-refractivity contribution >= 4 is 34.1 Å². The maximum atomic E-state index is 12.8. The Hall–Kier alpha value is -3.30.